The standard InChI is InChI=1S/C10H10ClNO4/c1-6(13)7-3-4-8(11)9(5-7)16-12-10(14)15-2/h3-5H,1-2H3,(H,12,14). The molecule has 5 nitrogen and oxygen atoms in total. The molecule has 0 unspecified atom stereocenters. The third kappa shape index (κ3) is 3.13. The zero-order valence-electron chi connectivity index (χ0n) is 8.74. The smallest absolute Gasteiger partial charge is 0.440 e. The van der Waals surface area contributed by atoms with Gasteiger partial charge in [-0.3, -0.25) is 4.79 Å². The summed E-state index contributed by atoms with van der Waals surface area (Å²) in [5.41, 5.74) is 2.43. The zero-order chi connectivity index (χ0) is 12.1. The molecule has 0 aliphatic heterocycles. The molecule has 0 aromatic heterocycles. The summed E-state index contributed by atoms with van der Waals surface area (Å²) in [4.78, 5) is 26.7. The molecule has 0 fully saturated rings. The SMILES string of the molecule is COC(=O)NOc1cc(C(C)=O)ccc1Cl. The van der Waals surface area contributed by atoms with Crippen molar-refractivity contribution in [2.45, 2.75) is 6.92 Å². The minimum Gasteiger partial charge on any atom is -0.451 e. The number of methoxy groups -OCH3 is 1. The van der Waals surface area contributed by atoms with Crippen LogP contribution in [0.15, 0.2) is 18.2 Å². The van der Waals surface area contributed by atoms with Crippen LogP contribution in [0.3, 0.4) is 0 Å². The molecule has 0 aliphatic carbocycles. The molecule has 1 rings (SSSR count). The average molecular weight is 244 g/mol. The molecule has 6 heteroatoms. The average Bonchev–Trinajstić information content (AvgIpc) is 2.27. The quantitative estimate of drug-likeness (QED) is 0.653. The van der Waals surface area contributed by atoms with Crippen molar-refractivity contribution < 1.29 is 19.2 Å². The Kier molecular flexibility index (Phi) is 4.13. The third-order valence-electron chi connectivity index (χ3n) is 1.77. The Morgan fingerprint density at radius 3 is 2.62 bits per heavy atom. The molecule has 1 aromatic rings. The van der Waals surface area contributed by atoms with Crippen molar-refractivity contribution >= 4 is 23.5 Å². The molecule has 1 N–H and O–H groups in total. The predicted octanol–water partition coefficient (Wildman–Crippen LogP) is 2.19. The van der Waals surface area contributed by atoms with Gasteiger partial charge in [0.1, 0.15) is 0 Å². The van der Waals surface area contributed by atoms with Crippen molar-refractivity contribution in [2.24, 2.45) is 0 Å². The van der Waals surface area contributed by atoms with Crippen molar-refractivity contribution in [1.82, 2.24) is 5.48 Å². The van der Waals surface area contributed by atoms with E-state index < -0.39 is 6.09 Å². The van der Waals surface area contributed by atoms with Gasteiger partial charge in [-0.25, -0.2) is 4.79 Å². The fourth-order valence-electron chi connectivity index (χ4n) is 0.939. The van der Waals surface area contributed by atoms with Gasteiger partial charge in [-0.2, -0.15) is 5.48 Å². The van der Waals surface area contributed by atoms with E-state index in [4.69, 9.17) is 16.4 Å². The highest BCUT2D eigenvalue weighted by atomic mass is 35.5. The number of hydroxylamine groups is 1. The summed E-state index contributed by atoms with van der Waals surface area (Å²) in [5.74, 6) is 0.0550. The highest BCUT2D eigenvalue weighted by molar-refractivity contribution is 6.32. The maximum Gasteiger partial charge on any atom is 0.440 e. The molecule has 1 amide bonds. The molecule has 0 atom stereocenters. The lowest BCUT2D eigenvalue weighted by atomic mass is 10.1. The number of ketones is 1. The highest BCUT2D eigenvalue weighted by Crippen LogP contribution is 2.25. The van der Waals surface area contributed by atoms with Crippen LogP contribution in [0.25, 0.3) is 0 Å². The molecule has 0 heterocycles. The second-order valence-electron chi connectivity index (χ2n) is 2.90. The first-order valence-corrected chi connectivity index (χ1v) is 4.73. The molecule has 0 bridgehead atoms. The molecule has 0 radical (unpaired) electrons. The topological polar surface area (TPSA) is 64.6 Å². The van der Waals surface area contributed by atoms with E-state index >= 15 is 0 Å². The third-order valence-corrected chi connectivity index (χ3v) is 2.08. The molecule has 0 spiro atoms. The van der Waals surface area contributed by atoms with Crippen molar-refractivity contribution in [3.63, 3.8) is 0 Å². The lowest BCUT2D eigenvalue weighted by Crippen LogP contribution is -2.26. The largest absolute Gasteiger partial charge is 0.451 e. The number of amides is 1. The molecule has 0 saturated carbocycles. The van der Waals surface area contributed by atoms with E-state index in [-0.39, 0.29) is 16.6 Å². The first kappa shape index (κ1) is 12.3. The van der Waals surface area contributed by atoms with Gasteiger partial charge in [-0.1, -0.05) is 11.6 Å². The number of hydrogen-bond acceptors (Lipinski definition) is 4. The summed E-state index contributed by atoms with van der Waals surface area (Å²) in [7, 11) is 1.20. The summed E-state index contributed by atoms with van der Waals surface area (Å²) in [6.45, 7) is 1.42. The van der Waals surface area contributed by atoms with Crippen LogP contribution in [0.2, 0.25) is 5.02 Å². The van der Waals surface area contributed by atoms with Crippen LogP contribution in [-0.2, 0) is 4.74 Å². The van der Waals surface area contributed by atoms with Crippen LogP contribution in [0, 0.1) is 0 Å². The molecular formula is C10H10ClNO4. The Labute approximate surface area is 97.2 Å². The Morgan fingerprint density at radius 2 is 2.06 bits per heavy atom. The van der Waals surface area contributed by atoms with Gasteiger partial charge >= 0.3 is 6.09 Å². The van der Waals surface area contributed by atoms with Crippen LogP contribution in [-0.4, -0.2) is 19.0 Å². The summed E-state index contributed by atoms with van der Waals surface area (Å²) in [5, 5.41) is 0.279. The summed E-state index contributed by atoms with van der Waals surface area (Å²) < 4.78 is 4.30. The maximum absolute atomic E-state index is 11.1. The van der Waals surface area contributed by atoms with E-state index in [0.29, 0.717) is 5.56 Å². The predicted molar refractivity (Wildman–Crippen MR) is 57.6 cm³/mol. The maximum atomic E-state index is 11.1. The Hall–Kier alpha value is -1.75. The number of carbonyl (C=O) groups is 2. The molecule has 1 aromatic carbocycles. The molecule has 86 valence electrons. The highest BCUT2D eigenvalue weighted by Gasteiger charge is 2.08. The fourth-order valence-corrected chi connectivity index (χ4v) is 1.10. The van der Waals surface area contributed by atoms with E-state index in [1.165, 1.54) is 26.2 Å². The van der Waals surface area contributed by atoms with Crippen molar-refractivity contribution in [1.29, 1.82) is 0 Å². The number of Topliss-reactive ketones (excluding diaryl/α,β-unsaturated/α-hetero) is 1. The number of rotatable bonds is 3. The van der Waals surface area contributed by atoms with Gasteiger partial charge in [0.2, 0.25) is 0 Å². The minimum atomic E-state index is -0.760. The Bertz CT molecular complexity index is 419. The number of carbonyl (C=O) groups excluding carboxylic acids is 2. The minimum absolute atomic E-state index is 0.125. The van der Waals surface area contributed by atoms with Gasteiger partial charge in [0.15, 0.2) is 11.5 Å². The fraction of sp³-hybridized carbons (Fsp3) is 0.200. The van der Waals surface area contributed by atoms with Gasteiger partial charge < -0.3 is 9.57 Å². The molecule has 0 saturated heterocycles. The number of halogens is 1. The van der Waals surface area contributed by atoms with Crippen LogP contribution in [0.4, 0.5) is 4.79 Å². The Balaban J connectivity index is 2.82. The van der Waals surface area contributed by atoms with Gasteiger partial charge in [0.05, 0.1) is 12.1 Å². The second kappa shape index (κ2) is 5.37. The number of ether oxygens (including phenoxy) is 1. The number of nitrogens with one attached hydrogen (secondary N) is 1. The van der Waals surface area contributed by atoms with Gasteiger partial charge in [-0.05, 0) is 25.1 Å². The van der Waals surface area contributed by atoms with Crippen LogP contribution in [0.5, 0.6) is 5.75 Å². The van der Waals surface area contributed by atoms with Gasteiger partial charge in [-0.15, -0.1) is 0 Å². The first-order valence-electron chi connectivity index (χ1n) is 4.36. The lowest BCUT2D eigenvalue weighted by molar-refractivity contribution is 0.101. The summed E-state index contributed by atoms with van der Waals surface area (Å²) >= 11 is 5.80. The normalized spacial score (nSPS) is 9.44. The van der Waals surface area contributed by atoms with E-state index in [0.717, 1.165) is 0 Å². The Morgan fingerprint density at radius 1 is 1.38 bits per heavy atom. The van der Waals surface area contributed by atoms with Gasteiger partial charge in [0, 0.05) is 5.56 Å². The van der Waals surface area contributed by atoms with Gasteiger partial charge in [0.25, 0.3) is 0 Å². The van der Waals surface area contributed by atoms with Crippen molar-refractivity contribution in [3.05, 3.63) is 28.8 Å². The van der Waals surface area contributed by atoms with E-state index in [2.05, 4.69) is 4.74 Å². The van der Waals surface area contributed by atoms with Crippen molar-refractivity contribution in [2.75, 3.05) is 7.11 Å². The second-order valence-corrected chi connectivity index (χ2v) is 3.30. The summed E-state index contributed by atoms with van der Waals surface area (Å²) in [6.07, 6.45) is -0.760. The molecular weight excluding hydrogens is 234 g/mol. The molecule has 16 heavy (non-hydrogen) atoms. The van der Waals surface area contributed by atoms with Crippen LogP contribution >= 0.6 is 11.6 Å². The first-order chi connectivity index (χ1) is 7.54. The zero-order valence-corrected chi connectivity index (χ0v) is 9.50. The summed E-state index contributed by atoms with van der Waals surface area (Å²) in [6, 6.07) is 4.50. The van der Waals surface area contributed by atoms with Crippen molar-refractivity contribution in [3.8, 4) is 5.75 Å². The van der Waals surface area contributed by atoms with Crippen LogP contribution in [0.1, 0.15) is 17.3 Å². The van der Waals surface area contributed by atoms with Crippen LogP contribution < -0.4 is 10.3 Å². The number of hydrogen-bond donors (Lipinski definition) is 1. The van der Waals surface area contributed by atoms with E-state index in [1.54, 1.807) is 6.07 Å². The lowest BCUT2D eigenvalue weighted by Gasteiger charge is -2.08. The monoisotopic (exact) mass is 243 g/mol. The van der Waals surface area contributed by atoms with E-state index in [9.17, 15) is 9.59 Å². The number of benzene rings is 1. The van der Waals surface area contributed by atoms with E-state index in [1.807, 2.05) is 5.48 Å². The molecule has 0 aliphatic rings.